The normalized spacial score (nSPS) is 23.5. The molecule has 1 N–H and O–H groups in total. The van der Waals surface area contributed by atoms with E-state index in [9.17, 15) is 14.7 Å². The summed E-state index contributed by atoms with van der Waals surface area (Å²) in [6.45, 7) is 1.07. The number of fused-ring (bicyclic) bond motifs is 6. The first-order valence-corrected chi connectivity index (χ1v) is 11.0. The van der Waals surface area contributed by atoms with Crippen molar-refractivity contribution in [3.8, 4) is 11.5 Å². The molecule has 1 saturated carbocycles. The average Bonchev–Trinajstić information content (AvgIpc) is 3.56. The number of hydrogen-bond acceptors (Lipinski definition) is 5. The Hall–Kier alpha value is -3.81. The molecule has 1 aliphatic carbocycles. The molecule has 1 aromatic heterocycles. The molecule has 3 heterocycles. The number of ether oxygens (including phenoxy) is 1. The van der Waals surface area contributed by atoms with Gasteiger partial charge in [-0.25, -0.2) is 4.39 Å². The quantitative estimate of drug-likeness (QED) is 0.621. The second-order valence-corrected chi connectivity index (χ2v) is 8.87. The van der Waals surface area contributed by atoms with E-state index in [1.165, 1.54) is 23.0 Å². The Kier molecular flexibility index (Phi) is 4.43. The number of hydrogen-bond donors (Lipinski definition) is 1. The van der Waals surface area contributed by atoms with Gasteiger partial charge in [0.2, 0.25) is 5.43 Å². The summed E-state index contributed by atoms with van der Waals surface area (Å²) in [5.41, 5.74) is 0.774. The lowest BCUT2D eigenvalue weighted by Gasteiger charge is -2.44. The minimum atomic E-state index is -0.615. The standard InChI is InChI=1S/C25H22FN3O4/c26-19-8-4-7-18-21(15-5-2-1-3-6-15)29-14-27(12-16-11-17(16)13-33-24(18)19)25(32)22-23(31)20(30)9-10-28(22)29/h1-10,16-17,21,31H,11-14H2/t16?,17-,21-/m0/s1. The van der Waals surface area contributed by atoms with Gasteiger partial charge in [0.15, 0.2) is 23.0 Å². The van der Waals surface area contributed by atoms with Crippen LogP contribution in [0, 0.1) is 17.7 Å². The largest absolute Gasteiger partial charge is 0.502 e. The molecule has 2 bridgehead atoms. The van der Waals surface area contributed by atoms with E-state index in [0.29, 0.717) is 18.7 Å². The molecule has 1 fully saturated rings. The minimum absolute atomic E-state index is 0.0787. The molecule has 1 amide bonds. The molecule has 1 unspecified atom stereocenters. The molecule has 7 nitrogen and oxygen atoms in total. The fraction of sp³-hybridized carbons (Fsp3) is 0.280. The van der Waals surface area contributed by atoms with Crippen LogP contribution in [0.25, 0.3) is 0 Å². The van der Waals surface area contributed by atoms with Crippen molar-refractivity contribution in [1.29, 1.82) is 0 Å². The summed E-state index contributed by atoms with van der Waals surface area (Å²) in [5, 5.41) is 12.5. The van der Waals surface area contributed by atoms with Gasteiger partial charge >= 0.3 is 0 Å². The van der Waals surface area contributed by atoms with E-state index in [2.05, 4.69) is 0 Å². The number of carbonyl (C=O) groups is 1. The molecule has 2 aromatic carbocycles. The monoisotopic (exact) mass is 447 g/mol. The van der Waals surface area contributed by atoms with Crippen LogP contribution in [0.1, 0.15) is 34.1 Å². The predicted molar refractivity (Wildman–Crippen MR) is 118 cm³/mol. The van der Waals surface area contributed by atoms with Crippen LogP contribution in [0.4, 0.5) is 4.39 Å². The topological polar surface area (TPSA) is 75.0 Å². The number of nitrogens with zero attached hydrogens (tertiary/aromatic N) is 3. The highest BCUT2D eigenvalue weighted by Gasteiger charge is 2.44. The third kappa shape index (κ3) is 3.16. The molecular formula is C25H22FN3O4. The van der Waals surface area contributed by atoms with Crippen molar-refractivity contribution < 1.29 is 19.0 Å². The van der Waals surface area contributed by atoms with Crippen molar-refractivity contribution in [2.45, 2.75) is 12.5 Å². The van der Waals surface area contributed by atoms with Gasteiger partial charge in [-0.1, -0.05) is 42.5 Å². The maximum atomic E-state index is 15.1. The molecule has 168 valence electrons. The predicted octanol–water partition coefficient (Wildman–Crippen LogP) is 2.86. The zero-order chi connectivity index (χ0) is 22.7. The molecule has 0 radical (unpaired) electrons. The van der Waals surface area contributed by atoms with Gasteiger partial charge in [0.1, 0.15) is 12.7 Å². The van der Waals surface area contributed by atoms with Crippen LogP contribution in [-0.4, -0.2) is 40.4 Å². The third-order valence-electron chi connectivity index (χ3n) is 6.81. The van der Waals surface area contributed by atoms with E-state index in [-0.39, 0.29) is 29.9 Å². The van der Waals surface area contributed by atoms with Crippen LogP contribution in [0.15, 0.2) is 65.6 Å². The molecule has 2 aliphatic heterocycles. The number of halogens is 1. The lowest BCUT2D eigenvalue weighted by Crippen LogP contribution is -2.55. The van der Waals surface area contributed by atoms with Crippen molar-refractivity contribution >= 4 is 5.91 Å². The van der Waals surface area contributed by atoms with Gasteiger partial charge in [-0.3, -0.25) is 19.3 Å². The molecule has 0 saturated heterocycles. The summed E-state index contributed by atoms with van der Waals surface area (Å²) in [4.78, 5) is 27.2. The molecule has 33 heavy (non-hydrogen) atoms. The smallest absolute Gasteiger partial charge is 0.277 e. The van der Waals surface area contributed by atoms with Crippen molar-refractivity contribution in [3.05, 3.63) is 93.7 Å². The first kappa shape index (κ1) is 19.8. The Bertz CT molecular complexity index is 1310. The van der Waals surface area contributed by atoms with E-state index in [1.807, 2.05) is 41.4 Å². The zero-order valence-electron chi connectivity index (χ0n) is 17.7. The fourth-order valence-corrected chi connectivity index (χ4v) is 4.99. The minimum Gasteiger partial charge on any atom is -0.502 e. The van der Waals surface area contributed by atoms with E-state index < -0.39 is 28.9 Å². The first-order valence-electron chi connectivity index (χ1n) is 11.0. The van der Waals surface area contributed by atoms with Crippen molar-refractivity contribution in [2.75, 3.05) is 24.8 Å². The number of amides is 1. The number of benzene rings is 2. The van der Waals surface area contributed by atoms with Crippen LogP contribution in [0.5, 0.6) is 11.5 Å². The number of pyridine rings is 1. The van der Waals surface area contributed by atoms with Gasteiger partial charge in [-0.2, -0.15) is 0 Å². The zero-order valence-corrected chi connectivity index (χ0v) is 17.7. The van der Waals surface area contributed by atoms with Gasteiger partial charge in [0.25, 0.3) is 5.91 Å². The molecule has 3 aliphatic rings. The number of rotatable bonds is 1. The van der Waals surface area contributed by atoms with E-state index >= 15 is 4.39 Å². The van der Waals surface area contributed by atoms with Gasteiger partial charge in [0.05, 0.1) is 6.61 Å². The number of aromatic nitrogens is 1. The lowest BCUT2D eigenvalue weighted by molar-refractivity contribution is 0.0667. The van der Waals surface area contributed by atoms with Crippen molar-refractivity contribution in [2.24, 2.45) is 11.8 Å². The van der Waals surface area contributed by atoms with Crippen LogP contribution in [0.2, 0.25) is 0 Å². The Morgan fingerprint density at radius 2 is 1.82 bits per heavy atom. The second kappa shape index (κ2) is 7.37. The summed E-state index contributed by atoms with van der Waals surface area (Å²) >= 11 is 0. The van der Waals surface area contributed by atoms with Crippen LogP contribution in [0.3, 0.4) is 0 Å². The summed E-state index contributed by atoms with van der Waals surface area (Å²) in [5.74, 6) is -0.781. The maximum absolute atomic E-state index is 15.1. The molecule has 3 aromatic rings. The Morgan fingerprint density at radius 1 is 1.00 bits per heavy atom. The van der Waals surface area contributed by atoms with Crippen LogP contribution < -0.4 is 15.2 Å². The highest BCUT2D eigenvalue weighted by Crippen LogP contribution is 2.44. The van der Waals surface area contributed by atoms with Gasteiger partial charge in [-0.05, 0) is 29.9 Å². The fourth-order valence-electron chi connectivity index (χ4n) is 4.99. The average molecular weight is 447 g/mol. The summed E-state index contributed by atoms with van der Waals surface area (Å²) in [6.07, 6.45) is 2.37. The van der Waals surface area contributed by atoms with Gasteiger partial charge in [-0.15, -0.1) is 0 Å². The SMILES string of the molecule is O=C1c2c(O)c(=O)ccn2N2CN1CC1C[C@H]1COc1c(F)cccc1[C@@H]2c1ccccc1. The van der Waals surface area contributed by atoms with E-state index in [4.69, 9.17) is 4.74 Å². The van der Waals surface area contributed by atoms with Crippen LogP contribution in [-0.2, 0) is 0 Å². The lowest BCUT2D eigenvalue weighted by atomic mass is 9.96. The summed E-state index contributed by atoms with van der Waals surface area (Å²) in [7, 11) is 0. The first-order chi connectivity index (χ1) is 16.0. The Labute approximate surface area is 189 Å². The third-order valence-corrected chi connectivity index (χ3v) is 6.81. The van der Waals surface area contributed by atoms with Crippen molar-refractivity contribution in [1.82, 2.24) is 9.58 Å². The number of carbonyl (C=O) groups excluding carboxylic acids is 1. The highest BCUT2D eigenvalue weighted by molar-refractivity contribution is 5.96. The van der Waals surface area contributed by atoms with Crippen LogP contribution >= 0.6 is 0 Å². The molecule has 8 heteroatoms. The highest BCUT2D eigenvalue weighted by atomic mass is 19.1. The maximum Gasteiger partial charge on any atom is 0.277 e. The Morgan fingerprint density at radius 3 is 2.64 bits per heavy atom. The second-order valence-electron chi connectivity index (χ2n) is 8.87. The van der Waals surface area contributed by atoms with Gasteiger partial charge < -0.3 is 14.7 Å². The molecular weight excluding hydrogens is 425 g/mol. The van der Waals surface area contributed by atoms with Gasteiger partial charge in [0, 0.05) is 24.4 Å². The molecule has 3 atom stereocenters. The van der Waals surface area contributed by atoms with E-state index in [1.54, 1.807) is 11.0 Å². The Balaban J connectivity index is 1.63. The van der Waals surface area contributed by atoms with E-state index in [0.717, 1.165) is 12.0 Å². The summed E-state index contributed by atoms with van der Waals surface area (Å²) < 4.78 is 22.6. The van der Waals surface area contributed by atoms with Crippen molar-refractivity contribution in [3.63, 3.8) is 0 Å². The number of aromatic hydroxyl groups is 1. The number of para-hydroxylation sites is 1. The summed E-state index contributed by atoms with van der Waals surface area (Å²) in [6, 6.07) is 15.1. The molecule has 6 rings (SSSR count). The molecule has 0 spiro atoms.